The van der Waals surface area contributed by atoms with Crippen molar-refractivity contribution in [2.24, 2.45) is 5.41 Å². The fourth-order valence-electron chi connectivity index (χ4n) is 2.51. The lowest BCUT2D eigenvalue weighted by atomic mass is 9.71. The van der Waals surface area contributed by atoms with Gasteiger partial charge >= 0.3 is 0 Å². The van der Waals surface area contributed by atoms with Crippen LogP contribution in [0.15, 0.2) is 0 Å². The number of aryl methyl sites for hydroxylation is 2. The molecule has 6 heteroatoms. The van der Waals surface area contributed by atoms with Gasteiger partial charge in [-0.2, -0.15) is 5.10 Å². The molecule has 0 spiro atoms. The highest BCUT2D eigenvalue weighted by atomic mass is 16.3. The summed E-state index contributed by atoms with van der Waals surface area (Å²) in [6.07, 6.45) is 1.58. The van der Waals surface area contributed by atoms with Gasteiger partial charge in [0, 0.05) is 31.3 Å². The number of rotatable bonds is 3. The quantitative estimate of drug-likeness (QED) is 0.867. The number of aromatic nitrogens is 3. The number of carbonyl (C=O) groups excluding carboxylic acids is 1. The summed E-state index contributed by atoms with van der Waals surface area (Å²) in [5.74, 6) is 1.55. The van der Waals surface area contributed by atoms with Crippen molar-refractivity contribution in [2.45, 2.75) is 52.6 Å². The van der Waals surface area contributed by atoms with Crippen LogP contribution >= 0.6 is 0 Å². The molecule has 1 saturated heterocycles. The fourth-order valence-corrected chi connectivity index (χ4v) is 2.51. The van der Waals surface area contributed by atoms with Crippen LogP contribution in [0.5, 0.6) is 0 Å². The first-order valence-corrected chi connectivity index (χ1v) is 7.09. The summed E-state index contributed by atoms with van der Waals surface area (Å²) in [6, 6.07) is 0. The van der Waals surface area contributed by atoms with Gasteiger partial charge in [-0.05, 0) is 20.3 Å². The van der Waals surface area contributed by atoms with E-state index in [0.717, 1.165) is 5.82 Å². The molecule has 2 rings (SSSR count). The van der Waals surface area contributed by atoms with Gasteiger partial charge in [0.2, 0.25) is 5.91 Å². The third-order valence-electron chi connectivity index (χ3n) is 4.47. The summed E-state index contributed by atoms with van der Waals surface area (Å²) in [7, 11) is 0. The Morgan fingerprint density at radius 3 is 2.70 bits per heavy atom. The van der Waals surface area contributed by atoms with Gasteiger partial charge in [-0.25, -0.2) is 4.98 Å². The van der Waals surface area contributed by atoms with Crippen LogP contribution in [-0.4, -0.2) is 49.8 Å². The van der Waals surface area contributed by atoms with Crippen LogP contribution in [0.2, 0.25) is 0 Å². The molecule has 1 amide bonds. The number of nitrogens with zero attached hydrogens (tertiary/aromatic N) is 3. The molecule has 2 N–H and O–H groups in total. The molecule has 1 aliphatic rings. The van der Waals surface area contributed by atoms with Crippen molar-refractivity contribution < 1.29 is 9.90 Å². The fraction of sp³-hybridized carbons (Fsp3) is 0.786. The van der Waals surface area contributed by atoms with Crippen LogP contribution in [0, 0.1) is 12.3 Å². The van der Waals surface area contributed by atoms with Crippen molar-refractivity contribution in [1.29, 1.82) is 0 Å². The minimum absolute atomic E-state index is 0.107. The first kappa shape index (κ1) is 15.0. The second-order valence-electron chi connectivity index (χ2n) is 6.56. The normalized spacial score (nSPS) is 25.8. The number of amides is 1. The predicted molar refractivity (Wildman–Crippen MR) is 75.0 cm³/mol. The second kappa shape index (κ2) is 5.16. The molecular formula is C14H24N4O2. The Morgan fingerprint density at radius 2 is 2.15 bits per heavy atom. The van der Waals surface area contributed by atoms with E-state index in [0.29, 0.717) is 38.2 Å². The maximum Gasteiger partial charge on any atom is 0.223 e. The number of hydrogen-bond acceptors (Lipinski definition) is 4. The summed E-state index contributed by atoms with van der Waals surface area (Å²) >= 11 is 0. The van der Waals surface area contributed by atoms with E-state index < -0.39 is 5.60 Å². The van der Waals surface area contributed by atoms with E-state index in [4.69, 9.17) is 0 Å². The molecule has 2 heterocycles. The summed E-state index contributed by atoms with van der Waals surface area (Å²) in [5, 5.41) is 17.2. The third-order valence-corrected chi connectivity index (χ3v) is 4.47. The summed E-state index contributed by atoms with van der Waals surface area (Å²) in [5.41, 5.74) is -1.01. The number of aromatic amines is 1. The lowest BCUT2D eigenvalue weighted by Crippen LogP contribution is -2.57. The highest BCUT2D eigenvalue weighted by molar-refractivity contribution is 5.76. The van der Waals surface area contributed by atoms with Crippen LogP contribution in [0.4, 0.5) is 0 Å². The third kappa shape index (κ3) is 3.00. The van der Waals surface area contributed by atoms with Crippen molar-refractivity contribution in [2.75, 3.05) is 13.1 Å². The molecule has 1 aromatic rings. The van der Waals surface area contributed by atoms with Crippen LogP contribution < -0.4 is 0 Å². The zero-order valence-corrected chi connectivity index (χ0v) is 12.7. The highest BCUT2D eigenvalue weighted by Gasteiger charge is 2.44. The molecule has 1 atom stereocenters. The molecule has 6 nitrogen and oxygen atoms in total. The van der Waals surface area contributed by atoms with E-state index in [1.807, 2.05) is 32.6 Å². The van der Waals surface area contributed by atoms with E-state index in [9.17, 15) is 9.90 Å². The molecule has 0 aliphatic carbocycles. The number of H-pyrrole nitrogens is 1. The molecule has 1 fully saturated rings. The first-order valence-electron chi connectivity index (χ1n) is 7.09. The number of likely N-dealkylation sites (tertiary alicyclic amines) is 1. The smallest absolute Gasteiger partial charge is 0.223 e. The van der Waals surface area contributed by atoms with Crippen molar-refractivity contribution in [3.05, 3.63) is 11.6 Å². The highest BCUT2D eigenvalue weighted by Crippen LogP contribution is 2.38. The standard InChI is InChI=1S/C14H24N4O2/c1-10-15-11(17-16-10)5-6-12(19)18-8-7-14(4,20)13(2,3)9-18/h20H,5-9H2,1-4H3,(H,15,16,17)/t14-/m0/s1. The van der Waals surface area contributed by atoms with E-state index in [2.05, 4.69) is 15.2 Å². The van der Waals surface area contributed by atoms with Crippen molar-refractivity contribution in [1.82, 2.24) is 20.1 Å². The Hall–Kier alpha value is -1.43. The van der Waals surface area contributed by atoms with E-state index in [1.165, 1.54) is 0 Å². The predicted octanol–water partition coefficient (Wildman–Crippen LogP) is 1.06. The van der Waals surface area contributed by atoms with Crippen LogP contribution in [-0.2, 0) is 11.2 Å². The molecular weight excluding hydrogens is 256 g/mol. The molecule has 0 radical (unpaired) electrons. The van der Waals surface area contributed by atoms with E-state index >= 15 is 0 Å². The van der Waals surface area contributed by atoms with Crippen LogP contribution in [0.1, 0.15) is 45.3 Å². The molecule has 0 saturated carbocycles. The maximum atomic E-state index is 12.3. The molecule has 0 unspecified atom stereocenters. The van der Waals surface area contributed by atoms with Crippen molar-refractivity contribution >= 4 is 5.91 Å². The van der Waals surface area contributed by atoms with Gasteiger partial charge in [-0.15, -0.1) is 0 Å². The lowest BCUT2D eigenvalue weighted by Gasteiger charge is -2.48. The number of aliphatic hydroxyl groups is 1. The van der Waals surface area contributed by atoms with Gasteiger partial charge in [-0.3, -0.25) is 9.89 Å². The number of carbonyl (C=O) groups is 1. The van der Waals surface area contributed by atoms with Gasteiger partial charge in [-0.1, -0.05) is 13.8 Å². The zero-order valence-electron chi connectivity index (χ0n) is 12.7. The Kier molecular flexibility index (Phi) is 3.86. The Balaban J connectivity index is 1.91. The lowest BCUT2D eigenvalue weighted by molar-refractivity contribution is -0.147. The molecule has 20 heavy (non-hydrogen) atoms. The number of piperidine rings is 1. The van der Waals surface area contributed by atoms with Gasteiger partial charge in [0.25, 0.3) is 0 Å². The Morgan fingerprint density at radius 1 is 1.45 bits per heavy atom. The van der Waals surface area contributed by atoms with Crippen molar-refractivity contribution in [3.8, 4) is 0 Å². The zero-order chi connectivity index (χ0) is 15.0. The van der Waals surface area contributed by atoms with Crippen molar-refractivity contribution in [3.63, 3.8) is 0 Å². The molecule has 1 aliphatic heterocycles. The van der Waals surface area contributed by atoms with Gasteiger partial charge in [0.15, 0.2) is 5.82 Å². The Bertz CT molecular complexity index is 493. The SMILES string of the molecule is Cc1nc(CCC(=O)N2CC[C@](C)(O)C(C)(C)C2)n[nH]1. The molecule has 0 bridgehead atoms. The molecule has 0 aromatic carbocycles. The van der Waals surface area contributed by atoms with Gasteiger partial charge in [0.1, 0.15) is 5.82 Å². The minimum atomic E-state index is -0.718. The minimum Gasteiger partial charge on any atom is -0.389 e. The maximum absolute atomic E-state index is 12.3. The summed E-state index contributed by atoms with van der Waals surface area (Å²) < 4.78 is 0. The first-order chi connectivity index (χ1) is 9.21. The number of nitrogens with one attached hydrogen (secondary N) is 1. The van der Waals surface area contributed by atoms with E-state index in [1.54, 1.807) is 0 Å². The summed E-state index contributed by atoms with van der Waals surface area (Å²) in [4.78, 5) is 18.3. The Labute approximate surface area is 119 Å². The van der Waals surface area contributed by atoms with Crippen LogP contribution in [0.3, 0.4) is 0 Å². The largest absolute Gasteiger partial charge is 0.389 e. The number of hydrogen-bond donors (Lipinski definition) is 2. The molecule has 1 aromatic heterocycles. The average molecular weight is 280 g/mol. The second-order valence-corrected chi connectivity index (χ2v) is 6.56. The topological polar surface area (TPSA) is 82.1 Å². The van der Waals surface area contributed by atoms with Crippen LogP contribution in [0.25, 0.3) is 0 Å². The van der Waals surface area contributed by atoms with Gasteiger partial charge < -0.3 is 10.0 Å². The van der Waals surface area contributed by atoms with E-state index in [-0.39, 0.29) is 11.3 Å². The average Bonchev–Trinajstić information content (AvgIpc) is 2.76. The monoisotopic (exact) mass is 280 g/mol. The van der Waals surface area contributed by atoms with Gasteiger partial charge in [0.05, 0.1) is 5.60 Å². The molecule has 112 valence electrons. The summed E-state index contributed by atoms with van der Waals surface area (Å²) in [6.45, 7) is 8.91.